The van der Waals surface area contributed by atoms with Gasteiger partial charge in [0.15, 0.2) is 0 Å². The summed E-state index contributed by atoms with van der Waals surface area (Å²) in [6.07, 6.45) is 0.809. The van der Waals surface area contributed by atoms with Crippen molar-refractivity contribution in [3.8, 4) is 0 Å². The van der Waals surface area contributed by atoms with E-state index in [0.29, 0.717) is 18.3 Å². The van der Waals surface area contributed by atoms with Crippen molar-refractivity contribution in [2.75, 3.05) is 39.8 Å². The van der Waals surface area contributed by atoms with E-state index in [9.17, 15) is 13.6 Å². The predicted molar refractivity (Wildman–Crippen MR) is 85.9 cm³/mol. The molecule has 1 aromatic rings. The summed E-state index contributed by atoms with van der Waals surface area (Å²) in [7, 11) is 2.11. The first-order valence-electron chi connectivity index (χ1n) is 8.07. The van der Waals surface area contributed by atoms with Crippen LogP contribution in [0.15, 0.2) is 12.1 Å². The second-order valence-corrected chi connectivity index (χ2v) is 6.24. The molecule has 0 spiro atoms. The van der Waals surface area contributed by atoms with Crippen molar-refractivity contribution < 1.29 is 13.6 Å². The lowest BCUT2D eigenvalue weighted by molar-refractivity contribution is 0.0616. The topological polar surface area (TPSA) is 40.5 Å². The van der Waals surface area contributed by atoms with Gasteiger partial charge in [-0.25, -0.2) is 0 Å². The van der Waals surface area contributed by atoms with Crippen molar-refractivity contribution in [1.82, 2.24) is 19.7 Å². The number of halogens is 2. The van der Waals surface area contributed by atoms with Crippen LogP contribution in [0.1, 0.15) is 36.1 Å². The van der Waals surface area contributed by atoms with Crippen LogP contribution in [0.2, 0.25) is 0 Å². The molecular weight excluding hydrogens is 302 g/mol. The molecule has 1 aliphatic rings. The Morgan fingerprint density at radius 2 is 1.91 bits per heavy atom. The van der Waals surface area contributed by atoms with E-state index < -0.39 is 12.5 Å². The minimum absolute atomic E-state index is 0.0183. The number of likely N-dealkylation sites (N-methyl/N-ethyl adjacent to an activating group) is 1. The molecule has 2 rings (SSSR count). The average Bonchev–Trinajstić information content (AvgIpc) is 2.89. The van der Waals surface area contributed by atoms with Gasteiger partial charge in [0, 0.05) is 44.5 Å². The maximum absolute atomic E-state index is 13.0. The number of hydrogen-bond donors (Lipinski definition) is 1. The van der Waals surface area contributed by atoms with E-state index in [1.807, 2.05) is 0 Å². The normalized spacial score (nSPS) is 18.3. The SMILES string of the molecule is Cc1ccc(C(=O)NCC[C@H](C)N2CCN(C)CC2)n1C(F)F. The zero-order valence-electron chi connectivity index (χ0n) is 14.1. The third kappa shape index (κ3) is 4.51. The number of carbonyl (C=O) groups excluding carboxylic acids is 1. The molecule has 0 unspecified atom stereocenters. The van der Waals surface area contributed by atoms with E-state index in [4.69, 9.17) is 0 Å². The lowest BCUT2D eigenvalue weighted by Crippen LogP contribution is -2.48. The van der Waals surface area contributed by atoms with Crippen molar-refractivity contribution in [2.45, 2.75) is 32.9 Å². The van der Waals surface area contributed by atoms with Crippen molar-refractivity contribution in [2.24, 2.45) is 0 Å². The van der Waals surface area contributed by atoms with Crippen molar-refractivity contribution in [3.05, 3.63) is 23.5 Å². The number of nitrogens with zero attached hydrogens (tertiary/aromatic N) is 3. The highest BCUT2D eigenvalue weighted by molar-refractivity contribution is 5.92. The molecule has 1 saturated heterocycles. The maximum atomic E-state index is 13.0. The lowest BCUT2D eigenvalue weighted by atomic mass is 10.1. The van der Waals surface area contributed by atoms with Gasteiger partial charge in [-0.1, -0.05) is 0 Å². The monoisotopic (exact) mass is 328 g/mol. The van der Waals surface area contributed by atoms with Crippen LogP contribution in [0.3, 0.4) is 0 Å². The minimum atomic E-state index is -2.70. The molecule has 130 valence electrons. The van der Waals surface area contributed by atoms with Crippen molar-refractivity contribution in [3.63, 3.8) is 0 Å². The van der Waals surface area contributed by atoms with Gasteiger partial charge < -0.3 is 10.2 Å². The molecule has 1 aromatic heterocycles. The number of piperazine rings is 1. The van der Waals surface area contributed by atoms with E-state index in [2.05, 4.69) is 29.1 Å². The summed E-state index contributed by atoms with van der Waals surface area (Å²) in [5, 5.41) is 2.76. The molecule has 1 amide bonds. The number of nitrogens with one attached hydrogen (secondary N) is 1. The fourth-order valence-corrected chi connectivity index (χ4v) is 2.92. The summed E-state index contributed by atoms with van der Waals surface area (Å²) in [5.41, 5.74) is 0.403. The highest BCUT2D eigenvalue weighted by atomic mass is 19.3. The molecule has 1 atom stereocenters. The van der Waals surface area contributed by atoms with Crippen molar-refractivity contribution >= 4 is 5.91 Å². The Labute approximate surface area is 136 Å². The Morgan fingerprint density at radius 3 is 2.52 bits per heavy atom. The fourth-order valence-electron chi connectivity index (χ4n) is 2.92. The molecule has 0 aliphatic carbocycles. The molecular formula is C16H26F2N4O. The van der Waals surface area contributed by atoms with Gasteiger partial charge in [0.25, 0.3) is 5.91 Å². The second kappa shape index (κ2) is 7.88. The third-order valence-corrected chi connectivity index (χ3v) is 4.56. The molecule has 5 nitrogen and oxygen atoms in total. The molecule has 0 saturated carbocycles. The number of aromatic nitrogens is 1. The first-order valence-corrected chi connectivity index (χ1v) is 8.07. The summed E-state index contributed by atoms with van der Waals surface area (Å²) < 4.78 is 26.7. The van der Waals surface area contributed by atoms with Gasteiger partial charge in [0.1, 0.15) is 5.69 Å². The van der Waals surface area contributed by atoms with Gasteiger partial charge in [-0.05, 0) is 39.4 Å². The molecule has 0 bridgehead atoms. The van der Waals surface area contributed by atoms with Crippen LogP contribution in [0.5, 0.6) is 0 Å². The van der Waals surface area contributed by atoms with Gasteiger partial charge in [0.05, 0.1) is 0 Å². The van der Waals surface area contributed by atoms with E-state index in [0.717, 1.165) is 37.2 Å². The summed E-state index contributed by atoms with van der Waals surface area (Å²) >= 11 is 0. The molecule has 1 fully saturated rings. The molecule has 0 radical (unpaired) electrons. The largest absolute Gasteiger partial charge is 0.351 e. The Balaban J connectivity index is 1.81. The van der Waals surface area contributed by atoms with E-state index in [-0.39, 0.29) is 5.69 Å². The van der Waals surface area contributed by atoms with Gasteiger partial charge in [-0.15, -0.1) is 0 Å². The van der Waals surface area contributed by atoms with Gasteiger partial charge in [-0.2, -0.15) is 8.78 Å². The molecule has 23 heavy (non-hydrogen) atoms. The van der Waals surface area contributed by atoms with Gasteiger partial charge >= 0.3 is 6.55 Å². The molecule has 7 heteroatoms. The highest BCUT2D eigenvalue weighted by Gasteiger charge is 2.21. The Morgan fingerprint density at radius 1 is 1.26 bits per heavy atom. The van der Waals surface area contributed by atoms with Crippen LogP contribution in [0.4, 0.5) is 8.78 Å². The van der Waals surface area contributed by atoms with Crippen LogP contribution in [0.25, 0.3) is 0 Å². The number of rotatable bonds is 6. The number of carbonyl (C=O) groups is 1. The van der Waals surface area contributed by atoms with Crippen LogP contribution in [-0.2, 0) is 0 Å². The Hall–Kier alpha value is -1.47. The number of aryl methyl sites for hydroxylation is 1. The number of hydrogen-bond acceptors (Lipinski definition) is 3. The average molecular weight is 328 g/mol. The first kappa shape index (κ1) is 17.9. The van der Waals surface area contributed by atoms with Gasteiger partial charge in [-0.3, -0.25) is 14.3 Å². The standard InChI is InChI=1S/C16H26F2N4O/c1-12(21-10-8-20(3)9-11-21)6-7-19-15(23)14-5-4-13(2)22(14)16(17)18/h4-5,12,16H,6-11H2,1-3H3,(H,19,23)/t12-/m0/s1. The number of amides is 1. The molecule has 1 N–H and O–H groups in total. The highest BCUT2D eigenvalue weighted by Crippen LogP contribution is 2.18. The molecule has 2 heterocycles. The van der Waals surface area contributed by atoms with E-state index >= 15 is 0 Å². The zero-order chi connectivity index (χ0) is 17.0. The Bertz CT molecular complexity index is 524. The zero-order valence-corrected chi connectivity index (χ0v) is 14.1. The van der Waals surface area contributed by atoms with Gasteiger partial charge in [0.2, 0.25) is 0 Å². The maximum Gasteiger partial charge on any atom is 0.319 e. The van der Waals surface area contributed by atoms with E-state index in [1.165, 1.54) is 12.1 Å². The first-order chi connectivity index (χ1) is 10.9. The summed E-state index contributed by atoms with van der Waals surface area (Å²) in [4.78, 5) is 16.8. The van der Waals surface area contributed by atoms with Crippen LogP contribution in [0, 0.1) is 6.92 Å². The Kier molecular flexibility index (Phi) is 6.12. The van der Waals surface area contributed by atoms with E-state index in [1.54, 1.807) is 6.92 Å². The van der Waals surface area contributed by atoms with Crippen LogP contribution < -0.4 is 5.32 Å². The molecule has 1 aliphatic heterocycles. The predicted octanol–water partition coefficient (Wildman–Crippen LogP) is 1.95. The summed E-state index contributed by atoms with van der Waals surface area (Å²) in [6.45, 7) is 5.66. The smallest absolute Gasteiger partial charge is 0.319 e. The molecule has 0 aromatic carbocycles. The third-order valence-electron chi connectivity index (χ3n) is 4.56. The summed E-state index contributed by atoms with van der Waals surface area (Å²) in [6, 6.07) is 3.35. The summed E-state index contributed by atoms with van der Waals surface area (Å²) in [5.74, 6) is -0.441. The second-order valence-electron chi connectivity index (χ2n) is 6.24. The quantitative estimate of drug-likeness (QED) is 0.868. The van der Waals surface area contributed by atoms with Crippen molar-refractivity contribution in [1.29, 1.82) is 0 Å². The lowest BCUT2D eigenvalue weighted by Gasteiger charge is -2.36. The number of alkyl halides is 2. The fraction of sp³-hybridized carbons (Fsp3) is 0.688. The van der Waals surface area contributed by atoms with Crippen LogP contribution in [-0.4, -0.2) is 66.1 Å². The minimum Gasteiger partial charge on any atom is -0.351 e. The van der Waals surface area contributed by atoms with Crippen LogP contribution >= 0.6 is 0 Å².